The molecule has 0 spiro atoms. The highest BCUT2D eigenvalue weighted by molar-refractivity contribution is 7.99. The highest BCUT2D eigenvalue weighted by Gasteiger charge is 2.33. The molecule has 0 atom stereocenters. The lowest BCUT2D eigenvalue weighted by molar-refractivity contribution is -0.141. The van der Waals surface area contributed by atoms with Crippen LogP contribution >= 0.6 is 23.1 Å². The topological polar surface area (TPSA) is 51.8 Å². The second-order valence-corrected chi connectivity index (χ2v) is 5.54. The normalized spacial score (nSPS) is 11.8. The molecule has 0 aliphatic rings. The smallest absolute Gasteiger partial charge is 0.330 e. The summed E-state index contributed by atoms with van der Waals surface area (Å²) in [5.41, 5.74) is 4.70. The maximum Gasteiger partial charge on any atom is 0.433 e. The zero-order chi connectivity index (χ0) is 13.9. The van der Waals surface area contributed by atoms with Crippen molar-refractivity contribution in [1.82, 2.24) is 9.97 Å². The van der Waals surface area contributed by atoms with Gasteiger partial charge in [0.05, 0.1) is 10.6 Å². The third-order valence-electron chi connectivity index (χ3n) is 2.12. The van der Waals surface area contributed by atoms with E-state index in [1.54, 1.807) is 17.5 Å². The molecule has 0 aliphatic carbocycles. The van der Waals surface area contributed by atoms with E-state index in [4.69, 9.17) is 5.73 Å². The highest BCUT2D eigenvalue weighted by Crippen LogP contribution is 2.33. The van der Waals surface area contributed by atoms with Gasteiger partial charge in [0.1, 0.15) is 5.69 Å². The van der Waals surface area contributed by atoms with Crippen molar-refractivity contribution >= 4 is 23.1 Å². The Balaban J connectivity index is 2.43. The molecule has 0 saturated heterocycles. The largest absolute Gasteiger partial charge is 0.433 e. The molecule has 8 heteroatoms. The number of halogens is 3. The van der Waals surface area contributed by atoms with Crippen LogP contribution in [0, 0.1) is 0 Å². The van der Waals surface area contributed by atoms with Crippen molar-refractivity contribution in [3.05, 3.63) is 29.3 Å². The van der Waals surface area contributed by atoms with Crippen LogP contribution < -0.4 is 5.73 Å². The molecule has 0 radical (unpaired) electrons. The van der Waals surface area contributed by atoms with Crippen molar-refractivity contribution < 1.29 is 13.2 Å². The van der Waals surface area contributed by atoms with E-state index in [-0.39, 0.29) is 10.9 Å². The van der Waals surface area contributed by atoms with Crippen LogP contribution in [0.1, 0.15) is 5.69 Å². The van der Waals surface area contributed by atoms with E-state index in [9.17, 15) is 13.2 Å². The molecule has 102 valence electrons. The molecule has 0 bridgehead atoms. The average molecular weight is 305 g/mol. The highest BCUT2D eigenvalue weighted by atomic mass is 32.2. The zero-order valence-corrected chi connectivity index (χ0v) is 11.3. The predicted molar refractivity (Wildman–Crippen MR) is 70.1 cm³/mol. The summed E-state index contributed by atoms with van der Waals surface area (Å²) in [6, 6.07) is 4.46. The maximum atomic E-state index is 12.8. The van der Waals surface area contributed by atoms with Gasteiger partial charge in [-0.3, -0.25) is 0 Å². The van der Waals surface area contributed by atoms with Crippen LogP contribution in [0.25, 0.3) is 10.6 Å². The molecule has 3 nitrogen and oxygen atoms in total. The van der Waals surface area contributed by atoms with Crippen molar-refractivity contribution in [2.75, 3.05) is 12.3 Å². The van der Waals surface area contributed by atoms with E-state index in [0.717, 1.165) is 17.8 Å². The zero-order valence-electron chi connectivity index (χ0n) is 9.65. The first-order valence-electron chi connectivity index (χ1n) is 5.33. The lowest BCUT2D eigenvalue weighted by Crippen LogP contribution is -2.10. The van der Waals surface area contributed by atoms with Crippen LogP contribution in [-0.2, 0) is 6.18 Å². The Hall–Kier alpha value is -1.12. The fraction of sp³-hybridized carbons (Fsp3) is 0.273. The van der Waals surface area contributed by atoms with E-state index in [2.05, 4.69) is 9.97 Å². The van der Waals surface area contributed by atoms with Crippen LogP contribution in [0.4, 0.5) is 13.2 Å². The van der Waals surface area contributed by atoms with Gasteiger partial charge in [-0.25, -0.2) is 9.97 Å². The number of aromatic nitrogens is 2. The lowest BCUT2D eigenvalue weighted by Gasteiger charge is -2.09. The summed E-state index contributed by atoms with van der Waals surface area (Å²) in [5, 5.41) is 1.89. The van der Waals surface area contributed by atoms with E-state index < -0.39 is 11.9 Å². The molecular formula is C11H10F3N3S2. The minimum Gasteiger partial charge on any atom is -0.330 e. The van der Waals surface area contributed by atoms with Crippen molar-refractivity contribution in [3.63, 3.8) is 0 Å². The van der Waals surface area contributed by atoms with Crippen molar-refractivity contribution in [2.24, 2.45) is 5.73 Å². The third-order valence-corrected chi connectivity index (χ3v) is 3.89. The van der Waals surface area contributed by atoms with Crippen molar-refractivity contribution in [1.29, 1.82) is 0 Å². The third kappa shape index (κ3) is 3.68. The monoisotopic (exact) mass is 305 g/mol. The minimum absolute atomic E-state index is 0.101. The summed E-state index contributed by atoms with van der Waals surface area (Å²) in [5.74, 6) is 0.477. The standard InChI is InChI=1S/C11H10F3N3S2/c12-11(13,14)9-6-7(8-2-1-4-18-8)16-10(17-9)19-5-3-15/h1-2,4,6H,3,5,15H2. The summed E-state index contributed by atoms with van der Waals surface area (Å²) in [7, 11) is 0. The summed E-state index contributed by atoms with van der Waals surface area (Å²) >= 11 is 2.46. The number of hydrogen-bond acceptors (Lipinski definition) is 5. The first-order valence-corrected chi connectivity index (χ1v) is 7.20. The number of alkyl halides is 3. The van der Waals surface area contributed by atoms with Gasteiger partial charge in [0.25, 0.3) is 0 Å². The Morgan fingerprint density at radius 2 is 2.11 bits per heavy atom. The van der Waals surface area contributed by atoms with E-state index in [1.807, 2.05) is 0 Å². The number of thiophene rings is 1. The van der Waals surface area contributed by atoms with Gasteiger partial charge < -0.3 is 5.73 Å². The number of hydrogen-bond donors (Lipinski definition) is 1. The van der Waals surface area contributed by atoms with E-state index >= 15 is 0 Å². The second kappa shape index (κ2) is 5.89. The summed E-state index contributed by atoms with van der Waals surface area (Å²) in [6.45, 7) is 0.360. The van der Waals surface area contributed by atoms with Crippen LogP contribution in [0.2, 0.25) is 0 Å². The van der Waals surface area contributed by atoms with Gasteiger partial charge in [0.15, 0.2) is 5.16 Å². The minimum atomic E-state index is -4.48. The van der Waals surface area contributed by atoms with Crippen LogP contribution in [0.15, 0.2) is 28.7 Å². The first kappa shape index (κ1) is 14.3. The molecule has 0 saturated carbocycles. The summed E-state index contributed by atoms with van der Waals surface area (Å²) in [6.07, 6.45) is -4.48. The molecule has 0 aromatic carbocycles. The molecule has 19 heavy (non-hydrogen) atoms. The molecule has 0 fully saturated rings. The van der Waals surface area contributed by atoms with Crippen molar-refractivity contribution in [3.8, 4) is 10.6 Å². The number of nitrogens with two attached hydrogens (primary N) is 1. The number of rotatable bonds is 4. The molecule has 0 amide bonds. The predicted octanol–water partition coefficient (Wildman–Crippen LogP) is 3.27. The van der Waals surface area contributed by atoms with Gasteiger partial charge >= 0.3 is 6.18 Å². The molecule has 2 N–H and O–H groups in total. The molecule has 2 aromatic rings. The number of thioether (sulfide) groups is 1. The molecule has 2 rings (SSSR count). The van der Waals surface area contributed by atoms with Gasteiger partial charge in [-0.1, -0.05) is 17.8 Å². The fourth-order valence-corrected chi connectivity index (χ4v) is 2.65. The van der Waals surface area contributed by atoms with Gasteiger partial charge in [0.2, 0.25) is 0 Å². The lowest BCUT2D eigenvalue weighted by atomic mass is 10.3. The van der Waals surface area contributed by atoms with Gasteiger partial charge in [-0.05, 0) is 17.5 Å². The summed E-state index contributed by atoms with van der Waals surface area (Å²) < 4.78 is 38.4. The molecular weight excluding hydrogens is 295 g/mol. The van der Waals surface area contributed by atoms with Gasteiger partial charge in [0, 0.05) is 12.3 Å². The summed E-state index contributed by atoms with van der Waals surface area (Å²) in [4.78, 5) is 8.34. The van der Waals surface area contributed by atoms with Crippen molar-refractivity contribution in [2.45, 2.75) is 11.3 Å². The Kier molecular flexibility index (Phi) is 4.43. The molecule has 2 heterocycles. The van der Waals surface area contributed by atoms with Crippen LogP contribution in [0.3, 0.4) is 0 Å². The van der Waals surface area contributed by atoms with Crippen LogP contribution in [-0.4, -0.2) is 22.3 Å². The maximum absolute atomic E-state index is 12.8. The van der Waals surface area contributed by atoms with Gasteiger partial charge in [-0.2, -0.15) is 13.2 Å². The van der Waals surface area contributed by atoms with Crippen LogP contribution in [0.5, 0.6) is 0 Å². The van der Waals surface area contributed by atoms with Gasteiger partial charge in [-0.15, -0.1) is 11.3 Å². The Morgan fingerprint density at radius 1 is 1.32 bits per heavy atom. The molecule has 2 aromatic heterocycles. The molecule has 0 aliphatic heterocycles. The second-order valence-electron chi connectivity index (χ2n) is 3.53. The Bertz CT molecular complexity index is 541. The average Bonchev–Trinajstić information content (AvgIpc) is 2.89. The fourth-order valence-electron chi connectivity index (χ4n) is 1.34. The number of nitrogens with zero attached hydrogens (tertiary/aromatic N) is 2. The van der Waals surface area contributed by atoms with E-state index in [1.165, 1.54) is 11.3 Å². The quantitative estimate of drug-likeness (QED) is 0.696. The Labute approximate surface area is 116 Å². The molecule has 0 unspecified atom stereocenters. The first-order chi connectivity index (χ1) is 9.00. The van der Waals surface area contributed by atoms with E-state index in [0.29, 0.717) is 17.2 Å². The Morgan fingerprint density at radius 3 is 2.68 bits per heavy atom. The SMILES string of the molecule is NCCSc1nc(-c2cccs2)cc(C(F)(F)F)n1.